The predicted octanol–water partition coefficient (Wildman–Crippen LogP) is 3.53. The Kier molecular flexibility index (Phi) is 5.22. The van der Waals surface area contributed by atoms with Gasteiger partial charge >= 0.3 is 5.97 Å². The van der Waals surface area contributed by atoms with Crippen LogP contribution in [0, 0.1) is 16.7 Å². The summed E-state index contributed by atoms with van der Waals surface area (Å²) in [4.78, 5) is 11.8. The number of methoxy groups -OCH3 is 3. The number of nitriles is 1. The zero-order valence-corrected chi connectivity index (χ0v) is 17.5. The zero-order chi connectivity index (χ0) is 22.1. The van der Waals surface area contributed by atoms with Crippen molar-refractivity contribution in [3.63, 3.8) is 0 Å². The lowest BCUT2D eigenvalue weighted by Crippen LogP contribution is -2.28. The first-order chi connectivity index (χ1) is 15.0. The van der Waals surface area contributed by atoms with Crippen LogP contribution in [-0.4, -0.2) is 31.9 Å². The molecule has 0 atom stereocenters. The first-order valence-electron chi connectivity index (χ1n) is 9.69. The normalized spacial score (nSPS) is 11.7. The van der Waals surface area contributed by atoms with Gasteiger partial charge in [-0.2, -0.15) is 5.26 Å². The van der Waals surface area contributed by atoms with Gasteiger partial charge in [0.25, 0.3) is 0 Å². The van der Waals surface area contributed by atoms with Crippen molar-refractivity contribution in [2.24, 2.45) is 0 Å². The van der Waals surface area contributed by atoms with Crippen LogP contribution in [0.4, 0.5) is 0 Å². The minimum absolute atomic E-state index is 0.160. The van der Waals surface area contributed by atoms with Gasteiger partial charge in [-0.3, -0.25) is 5.41 Å². The maximum absolute atomic E-state index is 11.8. The van der Waals surface area contributed by atoms with Crippen LogP contribution in [0.2, 0.25) is 0 Å². The number of nitrogens with one attached hydrogen (secondary N) is 1. The quantitative estimate of drug-likeness (QED) is 0.658. The van der Waals surface area contributed by atoms with Crippen molar-refractivity contribution in [2.75, 3.05) is 21.3 Å². The fourth-order valence-corrected chi connectivity index (χ4v) is 3.97. The van der Waals surface area contributed by atoms with E-state index in [0.29, 0.717) is 34.7 Å². The summed E-state index contributed by atoms with van der Waals surface area (Å²) in [6.07, 6.45) is 0.720. The molecule has 0 fully saturated rings. The average molecular weight is 415 g/mol. The number of carbonyl (C=O) groups is 1. The van der Waals surface area contributed by atoms with Gasteiger partial charge in [0.1, 0.15) is 17.1 Å². The van der Waals surface area contributed by atoms with Crippen LogP contribution < -0.4 is 15.0 Å². The fourth-order valence-electron chi connectivity index (χ4n) is 3.97. The Morgan fingerprint density at radius 2 is 1.71 bits per heavy atom. The topological polar surface area (TPSA) is 97.3 Å². The number of aryl methyl sites for hydroxylation is 1. The van der Waals surface area contributed by atoms with Gasteiger partial charge in [0.15, 0.2) is 11.5 Å². The Hall–Kier alpha value is -4.05. The molecule has 0 radical (unpaired) electrons. The number of rotatable bonds is 4. The molecule has 31 heavy (non-hydrogen) atoms. The van der Waals surface area contributed by atoms with E-state index in [4.69, 9.17) is 19.6 Å². The van der Waals surface area contributed by atoms with E-state index in [0.717, 1.165) is 28.8 Å². The largest absolute Gasteiger partial charge is 0.493 e. The highest BCUT2D eigenvalue weighted by Crippen LogP contribution is 2.39. The van der Waals surface area contributed by atoms with Crippen molar-refractivity contribution >= 4 is 5.97 Å². The Labute approximate surface area is 179 Å². The lowest BCUT2D eigenvalue weighted by atomic mass is 9.92. The molecule has 7 nitrogen and oxygen atoms in total. The molecule has 0 amide bonds. The maximum atomic E-state index is 11.8. The van der Waals surface area contributed by atoms with Gasteiger partial charge in [-0.1, -0.05) is 12.1 Å². The van der Waals surface area contributed by atoms with Crippen LogP contribution in [0.5, 0.6) is 11.5 Å². The van der Waals surface area contributed by atoms with Crippen molar-refractivity contribution in [1.29, 1.82) is 10.7 Å². The molecule has 0 spiro atoms. The van der Waals surface area contributed by atoms with Crippen LogP contribution in [0.25, 0.3) is 22.4 Å². The molecule has 3 aromatic rings. The Morgan fingerprint density at radius 1 is 1.03 bits per heavy atom. The zero-order valence-electron chi connectivity index (χ0n) is 17.5. The van der Waals surface area contributed by atoms with Gasteiger partial charge in [0.05, 0.1) is 32.6 Å². The molecule has 0 saturated heterocycles. The summed E-state index contributed by atoms with van der Waals surface area (Å²) in [5, 5.41) is 18.5. The Bertz CT molecular complexity index is 1280. The number of pyridine rings is 1. The Morgan fingerprint density at radius 3 is 2.32 bits per heavy atom. The van der Waals surface area contributed by atoms with Gasteiger partial charge in [-0.15, -0.1) is 0 Å². The average Bonchev–Trinajstić information content (AvgIpc) is 2.82. The smallest absolute Gasteiger partial charge is 0.337 e. The summed E-state index contributed by atoms with van der Waals surface area (Å²) < 4.78 is 17.5. The van der Waals surface area contributed by atoms with Gasteiger partial charge in [0, 0.05) is 17.7 Å². The third kappa shape index (κ3) is 3.32. The van der Waals surface area contributed by atoms with E-state index in [9.17, 15) is 10.1 Å². The predicted molar refractivity (Wildman–Crippen MR) is 114 cm³/mol. The van der Waals surface area contributed by atoms with E-state index < -0.39 is 5.97 Å². The molecule has 156 valence electrons. The van der Waals surface area contributed by atoms with Crippen LogP contribution in [0.3, 0.4) is 0 Å². The van der Waals surface area contributed by atoms with E-state index in [1.807, 2.05) is 22.8 Å². The van der Waals surface area contributed by atoms with Gasteiger partial charge in [0.2, 0.25) is 0 Å². The van der Waals surface area contributed by atoms with Crippen molar-refractivity contribution in [1.82, 2.24) is 4.57 Å². The van der Waals surface area contributed by atoms with Crippen LogP contribution in [0.15, 0.2) is 42.5 Å². The van der Waals surface area contributed by atoms with Crippen molar-refractivity contribution in [2.45, 2.75) is 13.0 Å². The van der Waals surface area contributed by atoms with Gasteiger partial charge in [-0.05, 0) is 47.9 Å². The summed E-state index contributed by atoms with van der Waals surface area (Å²) in [7, 11) is 4.52. The van der Waals surface area contributed by atoms with Crippen LogP contribution >= 0.6 is 0 Å². The number of carbonyl (C=O) groups excluding carboxylic acids is 1. The molecule has 0 unspecified atom stereocenters. The minimum atomic E-state index is -0.427. The van der Waals surface area contributed by atoms with Gasteiger partial charge in [-0.25, -0.2) is 4.79 Å². The SMILES string of the molecule is COC(=O)c1ccc(-c2cc3n(c(=N)c2C#N)CCc2cc(OC)c(OC)cc2-3)cc1. The standard InChI is InChI=1S/C24H21N3O4/c1-29-21-10-16-8-9-27-20(18(16)12-22(21)30-2)11-17(19(13-25)23(27)26)14-4-6-15(7-5-14)24(28)31-3/h4-7,10-12,26H,8-9H2,1-3H3. The molecule has 1 aromatic heterocycles. The molecule has 1 aliphatic heterocycles. The molecule has 7 heteroatoms. The molecule has 0 saturated carbocycles. The summed E-state index contributed by atoms with van der Waals surface area (Å²) in [5.74, 6) is 0.840. The number of aromatic nitrogens is 1. The number of nitrogens with zero attached hydrogens (tertiary/aromatic N) is 2. The number of ether oxygens (including phenoxy) is 3. The van der Waals surface area contributed by atoms with E-state index in [-0.39, 0.29) is 5.49 Å². The third-order valence-electron chi connectivity index (χ3n) is 5.57. The number of hydrogen-bond donors (Lipinski definition) is 1. The second-order valence-electron chi connectivity index (χ2n) is 7.11. The fraction of sp³-hybridized carbons (Fsp3) is 0.208. The van der Waals surface area contributed by atoms with Crippen molar-refractivity contribution in [3.05, 3.63) is 64.6 Å². The first-order valence-corrected chi connectivity index (χ1v) is 9.69. The highest BCUT2D eigenvalue weighted by atomic mass is 16.5. The molecule has 2 heterocycles. The second-order valence-corrected chi connectivity index (χ2v) is 7.11. The molecular formula is C24H21N3O4. The molecule has 0 aliphatic carbocycles. The third-order valence-corrected chi connectivity index (χ3v) is 5.57. The number of benzene rings is 2. The Balaban J connectivity index is 1.93. The highest BCUT2D eigenvalue weighted by molar-refractivity contribution is 5.90. The summed E-state index contributed by atoms with van der Waals surface area (Å²) >= 11 is 0. The monoisotopic (exact) mass is 415 g/mol. The van der Waals surface area contributed by atoms with Crippen molar-refractivity contribution < 1.29 is 19.0 Å². The maximum Gasteiger partial charge on any atom is 0.337 e. The van der Waals surface area contributed by atoms with E-state index in [2.05, 4.69) is 6.07 Å². The minimum Gasteiger partial charge on any atom is -0.493 e. The lowest BCUT2D eigenvalue weighted by Gasteiger charge is -2.25. The number of esters is 1. The van der Waals surface area contributed by atoms with Crippen molar-refractivity contribution in [3.8, 4) is 40.0 Å². The van der Waals surface area contributed by atoms with Gasteiger partial charge < -0.3 is 18.8 Å². The second kappa shape index (κ2) is 8.00. The molecular weight excluding hydrogens is 394 g/mol. The van der Waals surface area contributed by atoms with Crippen LogP contribution in [0.1, 0.15) is 21.5 Å². The molecule has 0 bridgehead atoms. The summed E-state index contributed by atoms with van der Waals surface area (Å²) in [6.45, 7) is 0.590. The molecule has 2 aromatic carbocycles. The van der Waals surface area contributed by atoms with E-state index in [1.165, 1.54) is 7.11 Å². The summed E-state index contributed by atoms with van der Waals surface area (Å²) in [6, 6.07) is 14.8. The molecule has 1 N–H and O–H groups in total. The number of fused-ring (bicyclic) bond motifs is 3. The lowest BCUT2D eigenvalue weighted by molar-refractivity contribution is 0.0600. The molecule has 4 rings (SSSR count). The first kappa shape index (κ1) is 20.2. The highest BCUT2D eigenvalue weighted by Gasteiger charge is 2.23. The number of hydrogen-bond acceptors (Lipinski definition) is 6. The van der Waals surface area contributed by atoms with E-state index >= 15 is 0 Å². The van der Waals surface area contributed by atoms with Crippen LogP contribution in [-0.2, 0) is 17.7 Å². The summed E-state index contributed by atoms with van der Waals surface area (Å²) in [5.41, 5.74) is 5.11. The molecule has 1 aliphatic rings. The van der Waals surface area contributed by atoms with E-state index in [1.54, 1.807) is 38.5 Å².